The summed E-state index contributed by atoms with van der Waals surface area (Å²) in [4.78, 5) is 17.5. The number of benzene rings is 1. The van der Waals surface area contributed by atoms with Crippen molar-refractivity contribution in [2.45, 2.75) is 19.4 Å². The van der Waals surface area contributed by atoms with Gasteiger partial charge in [-0.1, -0.05) is 29.8 Å². The van der Waals surface area contributed by atoms with Gasteiger partial charge >= 0.3 is 0 Å². The molecule has 0 spiro atoms. The summed E-state index contributed by atoms with van der Waals surface area (Å²) in [5, 5.41) is 4.02. The minimum Gasteiger partial charge on any atom is -0.347 e. The summed E-state index contributed by atoms with van der Waals surface area (Å²) in [5.74, 6) is -0.211. The molecule has 122 valence electrons. The molecule has 0 bridgehead atoms. The van der Waals surface area contributed by atoms with Crippen LogP contribution in [0.1, 0.15) is 21.8 Å². The van der Waals surface area contributed by atoms with E-state index in [2.05, 4.69) is 10.3 Å². The average molecular weight is 371 g/mol. The molecule has 0 aliphatic carbocycles. The molecule has 0 unspecified atom stereocenters. The van der Waals surface area contributed by atoms with Gasteiger partial charge in [0.2, 0.25) is 0 Å². The van der Waals surface area contributed by atoms with Crippen LogP contribution in [0.15, 0.2) is 24.3 Å². The van der Waals surface area contributed by atoms with Crippen molar-refractivity contribution in [1.29, 1.82) is 0 Å². The van der Waals surface area contributed by atoms with Crippen molar-refractivity contribution < 1.29 is 13.2 Å². The molecule has 1 N–H and O–H groups in total. The van der Waals surface area contributed by atoms with Crippen LogP contribution < -0.4 is 5.32 Å². The Bertz CT molecular complexity index is 861. The number of thiazole rings is 1. The molecule has 1 aliphatic rings. The zero-order valence-corrected chi connectivity index (χ0v) is 14.8. The molecular weight excluding hydrogens is 356 g/mol. The van der Waals surface area contributed by atoms with Gasteiger partial charge in [-0.05, 0) is 19.4 Å². The Morgan fingerprint density at radius 2 is 2.13 bits per heavy atom. The summed E-state index contributed by atoms with van der Waals surface area (Å²) < 4.78 is 22.9. The minimum absolute atomic E-state index is 0.000699. The lowest BCUT2D eigenvalue weighted by Gasteiger charge is -2.09. The Balaban J connectivity index is 1.81. The third kappa shape index (κ3) is 3.57. The number of sulfone groups is 1. The van der Waals surface area contributed by atoms with Crippen molar-refractivity contribution in [3.8, 4) is 10.6 Å². The van der Waals surface area contributed by atoms with Crippen LogP contribution in [-0.2, 0) is 9.84 Å². The summed E-state index contributed by atoms with van der Waals surface area (Å²) in [6.45, 7) is 1.82. The van der Waals surface area contributed by atoms with E-state index in [1.54, 1.807) is 6.07 Å². The molecular formula is C15H15ClN2O3S2. The number of carbonyl (C=O) groups excluding carboxylic acids is 1. The zero-order chi connectivity index (χ0) is 16.6. The van der Waals surface area contributed by atoms with Crippen LogP contribution in [0.5, 0.6) is 0 Å². The van der Waals surface area contributed by atoms with Gasteiger partial charge in [-0.3, -0.25) is 4.79 Å². The molecule has 2 aromatic rings. The molecule has 0 saturated carbocycles. The van der Waals surface area contributed by atoms with E-state index in [0.717, 1.165) is 10.4 Å². The lowest BCUT2D eigenvalue weighted by Crippen LogP contribution is -2.36. The highest BCUT2D eigenvalue weighted by atomic mass is 35.5. The van der Waals surface area contributed by atoms with Crippen molar-refractivity contribution >= 4 is 38.7 Å². The lowest BCUT2D eigenvalue weighted by atomic mass is 10.2. The Morgan fingerprint density at radius 1 is 1.39 bits per heavy atom. The fourth-order valence-corrected chi connectivity index (χ4v) is 5.42. The van der Waals surface area contributed by atoms with Gasteiger partial charge in [0.05, 0.1) is 16.5 Å². The van der Waals surface area contributed by atoms with Crippen LogP contribution in [0.3, 0.4) is 0 Å². The third-order valence-electron chi connectivity index (χ3n) is 3.68. The van der Waals surface area contributed by atoms with Gasteiger partial charge in [-0.2, -0.15) is 0 Å². The molecule has 3 rings (SSSR count). The number of rotatable bonds is 3. The van der Waals surface area contributed by atoms with Crippen LogP contribution in [-0.4, -0.2) is 36.9 Å². The number of hydrogen-bond acceptors (Lipinski definition) is 5. The van der Waals surface area contributed by atoms with Gasteiger partial charge in [0.25, 0.3) is 5.91 Å². The van der Waals surface area contributed by atoms with E-state index in [1.807, 2.05) is 25.1 Å². The summed E-state index contributed by atoms with van der Waals surface area (Å²) in [5.41, 5.74) is 1.11. The van der Waals surface area contributed by atoms with Crippen LogP contribution >= 0.6 is 22.9 Å². The lowest BCUT2D eigenvalue weighted by molar-refractivity contribution is 0.0936. The highest BCUT2D eigenvalue weighted by molar-refractivity contribution is 7.91. The van der Waals surface area contributed by atoms with Crippen molar-refractivity contribution in [3.05, 3.63) is 39.9 Å². The zero-order valence-electron chi connectivity index (χ0n) is 12.4. The molecule has 2 heterocycles. The minimum atomic E-state index is -3.03. The van der Waals surface area contributed by atoms with Crippen LogP contribution in [0.2, 0.25) is 5.02 Å². The number of carbonyl (C=O) groups is 1. The first-order valence-corrected chi connectivity index (χ1v) is 10.1. The highest BCUT2D eigenvalue weighted by Crippen LogP contribution is 2.32. The van der Waals surface area contributed by atoms with Gasteiger partial charge in [-0.15, -0.1) is 11.3 Å². The van der Waals surface area contributed by atoms with Crippen molar-refractivity contribution in [3.63, 3.8) is 0 Å². The molecule has 8 heteroatoms. The van der Waals surface area contributed by atoms with E-state index in [0.29, 0.717) is 22.1 Å². The Kier molecular flexibility index (Phi) is 4.44. The van der Waals surface area contributed by atoms with E-state index in [9.17, 15) is 13.2 Å². The van der Waals surface area contributed by atoms with E-state index in [1.165, 1.54) is 11.3 Å². The second-order valence-electron chi connectivity index (χ2n) is 5.48. The maximum Gasteiger partial charge on any atom is 0.271 e. The first-order valence-electron chi connectivity index (χ1n) is 7.09. The number of nitrogens with one attached hydrogen (secondary N) is 1. The molecule has 1 saturated heterocycles. The molecule has 1 fully saturated rings. The molecule has 5 nitrogen and oxygen atoms in total. The number of amides is 1. The van der Waals surface area contributed by atoms with Crippen LogP contribution in [0.25, 0.3) is 10.6 Å². The maximum absolute atomic E-state index is 12.4. The number of aromatic nitrogens is 1. The molecule has 1 atom stereocenters. The van der Waals surface area contributed by atoms with Crippen LogP contribution in [0.4, 0.5) is 0 Å². The molecule has 1 aromatic heterocycles. The van der Waals surface area contributed by atoms with Gasteiger partial charge in [0, 0.05) is 16.5 Å². The topological polar surface area (TPSA) is 76.1 Å². The van der Waals surface area contributed by atoms with E-state index in [-0.39, 0.29) is 23.5 Å². The summed E-state index contributed by atoms with van der Waals surface area (Å²) in [6.07, 6.45) is 0.453. The largest absolute Gasteiger partial charge is 0.347 e. The fourth-order valence-electron chi connectivity index (χ4n) is 2.52. The summed E-state index contributed by atoms with van der Waals surface area (Å²) in [6, 6.07) is 6.99. The van der Waals surface area contributed by atoms with Crippen LogP contribution in [0, 0.1) is 6.92 Å². The van der Waals surface area contributed by atoms with Gasteiger partial charge in [-0.25, -0.2) is 13.4 Å². The van der Waals surface area contributed by atoms with E-state index >= 15 is 0 Å². The Morgan fingerprint density at radius 3 is 2.78 bits per heavy atom. The first-order chi connectivity index (χ1) is 10.9. The van der Waals surface area contributed by atoms with E-state index < -0.39 is 9.84 Å². The highest BCUT2D eigenvalue weighted by Gasteiger charge is 2.30. The summed E-state index contributed by atoms with van der Waals surface area (Å²) in [7, 11) is -3.03. The predicted molar refractivity (Wildman–Crippen MR) is 91.8 cm³/mol. The quantitative estimate of drug-likeness (QED) is 0.901. The van der Waals surface area contributed by atoms with Gasteiger partial charge < -0.3 is 5.32 Å². The standard InChI is InChI=1S/C15H15ClN2O3S2/c1-9-13(14(19)17-10-6-7-23(20,21)8-10)18-15(22-9)11-4-2-3-5-12(11)16/h2-5,10H,6-8H2,1H3,(H,17,19)/t10-/m1/s1. The Hall–Kier alpha value is -1.44. The second kappa shape index (κ2) is 6.22. The summed E-state index contributed by atoms with van der Waals surface area (Å²) >= 11 is 7.56. The maximum atomic E-state index is 12.4. The normalized spacial score (nSPS) is 19.7. The monoisotopic (exact) mass is 370 g/mol. The average Bonchev–Trinajstić information content (AvgIpc) is 3.02. The molecule has 1 aromatic carbocycles. The molecule has 1 aliphatic heterocycles. The fraction of sp³-hybridized carbons (Fsp3) is 0.333. The third-order valence-corrected chi connectivity index (χ3v) is 6.79. The SMILES string of the molecule is Cc1sc(-c2ccccc2Cl)nc1C(=O)N[C@@H]1CCS(=O)(=O)C1. The molecule has 0 radical (unpaired) electrons. The van der Waals surface area contributed by atoms with Gasteiger partial charge in [0.1, 0.15) is 10.7 Å². The Labute approximate surface area is 143 Å². The smallest absolute Gasteiger partial charge is 0.271 e. The number of halogens is 1. The predicted octanol–water partition coefficient (Wildman–Crippen LogP) is 2.69. The first kappa shape index (κ1) is 16.4. The van der Waals surface area contributed by atoms with Crippen molar-refractivity contribution in [2.75, 3.05) is 11.5 Å². The molecule has 1 amide bonds. The van der Waals surface area contributed by atoms with Gasteiger partial charge in [0.15, 0.2) is 9.84 Å². The van der Waals surface area contributed by atoms with Crippen molar-refractivity contribution in [2.24, 2.45) is 0 Å². The van der Waals surface area contributed by atoms with Crippen molar-refractivity contribution in [1.82, 2.24) is 10.3 Å². The number of nitrogens with zero attached hydrogens (tertiary/aromatic N) is 1. The van der Waals surface area contributed by atoms with E-state index in [4.69, 9.17) is 11.6 Å². The number of hydrogen-bond donors (Lipinski definition) is 1. The number of aryl methyl sites for hydroxylation is 1. The second-order valence-corrected chi connectivity index (χ2v) is 9.32. The molecule has 23 heavy (non-hydrogen) atoms.